The predicted octanol–water partition coefficient (Wildman–Crippen LogP) is 3.99. The Bertz CT molecular complexity index is 464. The first kappa shape index (κ1) is 9.31. The quantitative estimate of drug-likeness (QED) is 0.732. The van der Waals surface area contributed by atoms with Crippen molar-refractivity contribution in [1.82, 2.24) is 0 Å². The van der Waals surface area contributed by atoms with Crippen LogP contribution < -0.4 is 4.90 Å². The van der Waals surface area contributed by atoms with Gasteiger partial charge >= 0.3 is 0 Å². The fourth-order valence-corrected chi connectivity index (χ4v) is 4.11. The van der Waals surface area contributed by atoms with Gasteiger partial charge < -0.3 is 4.90 Å². The normalized spacial score (nSPS) is 19.3. The van der Waals surface area contributed by atoms with Crippen LogP contribution in [0.2, 0.25) is 0 Å². The lowest BCUT2D eigenvalue weighted by Crippen LogP contribution is -2.15. The largest absolute Gasteiger partial charge is 0.357 e. The number of benzene rings is 1. The molecule has 0 N–H and O–H groups in total. The minimum absolute atomic E-state index is 0.461. The Hall–Kier alpha value is -0.930. The maximum absolute atomic E-state index is 2.35. The lowest BCUT2D eigenvalue weighted by atomic mass is 10.3. The van der Waals surface area contributed by atoms with Gasteiger partial charge in [0.1, 0.15) is 5.37 Å². The number of thiophene rings is 1. The van der Waals surface area contributed by atoms with Crippen LogP contribution in [0.4, 0.5) is 5.69 Å². The summed E-state index contributed by atoms with van der Waals surface area (Å²) in [5.41, 5.74) is 1.35. The fraction of sp³-hybridized carbons (Fsp3) is 0.167. The molecule has 0 aliphatic carbocycles. The highest BCUT2D eigenvalue weighted by molar-refractivity contribution is 8.00. The van der Waals surface area contributed by atoms with E-state index in [0.717, 1.165) is 0 Å². The van der Waals surface area contributed by atoms with Crippen molar-refractivity contribution in [2.75, 3.05) is 11.9 Å². The van der Waals surface area contributed by atoms with Crippen LogP contribution in [0, 0.1) is 0 Å². The van der Waals surface area contributed by atoms with E-state index in [0.29, 0.717) is 5.37 Å². The molecule has 1 aliphatic heterocycles. The smallest absolute Gasteiger partial charge is 0.114 e. The van der Waals surface area contributed by atoms with Crippen LogP contribution in [0.1, 0.15) is 10.3 Å². The summed E-state index contributed by atoms with van der Waals surface area (Å²) in [4.78, 5) is 5.17. The maximum atomic E-state index is 2.35. The highest BCUT2D eigenvalue weighted by atomic mass is 32.2. The molecular formula is C12H11NS2. The minimum Gasteiger partial charge on any atom is -0.357 e. The molecule has 0 saturated carbocycles. The molecule has 1 aliphatic rings. The van der Waals surface area contributed by atoms with Crippen molar-refractivity contribution in [3.8, 4) is 0 Å². The number of thioether (sulfide) groups is 1. The summed E-state index contributed by atoms with van der Waals surface area (Å²) < 4.78 is 0. The van der Waals surface area contributed by atoms with E-state index < -0.39 is 0 Å². The molecule has 0 fully saturated rings. The van der Waals surface area contributed by atoms with Gasteiger partial charge in [-0.05, 0) is 23.6 Å². The van der Waals surface area contributed by atoms with E-state index in [1.54, 1.807) is 0 Å². The Kier molecular flexibility index (Phi) is 2.22. The molecule has 1 aromatic heterocycles. The van der Waals surface area contributed by atoms with E-state index in [1.807, 2.05) is 23.1 Å². The standard InChI is InChI=1S/C12H11NS2/c1-13-9-5-2-3-6-10(9)15-12(13)11-7-4-8-14-11/h2-8,12H,1H3. The van der Waals surface area contributed by atoms with Crippen LogP contribution in [0.5, 0.6) is 0 Å². The van der Waals surface area contributed by atoms with E-state index in [4.69, 9.17) is 0 Å². The molecule has 0 spiro atoms. The highest BCUT2D eigenvalue weighted by Gasteiger charge is 2.28. The van der Waals surface area contributed by atoms with Gasteiger partial charge in [0.05, 0.1) is 5.69 Å². The summed E-state index contributed by atoms with van der Waals surface area (Å²) in [5, 5.41) is 2.61. The Morgan fingerprint density at radius 3 is 2.73 bits per heavy atom. The van der Waals surface area contributed by atoms with Crippen molar-refractivity contribution >= 4 is 28.8 Å². The molecule has 0 saturated heterocycles. The summed E-state index contributed by atoms with van der Waals surface area (Å²) >= 11 is 3.77. The molecule has 0 amide bonds. The monoisotopic (exact) mass is 233 g/mol. The van der Waals surface area contributed by atoms with Crippen molar-refractivity contribution in [2.45, 2.75) is 10.3 Å². The number of para-hydroxylation sites is 1. The second kappa shape index (κ2) is 3.58. The summed E-state index contributed by atoms with van der Waals surface area (Å²) in [7, 11) is 2.17. The van der Waals surface area contributed by atoms with Crippen molar-refractivity contribution in [3.63, 3.8) is 0 Å². The molecule has 2 aromatic rings. The van der Waals surface area contributed by atoms with E-state index in [-0.39, 0.29) is 0 Å². The number of hydrogen-bond donors (Lipinski definition) is 0. The number of fused-ring (bicyclic) bond motifs is 1. The second-order valence-electron chi connectivity index (χ2n) is 3.56. The van der Waals surface area contributed by atoms with E-state index >= 15 is 0 Å². The topological polar surface area (TPSA) is 3.24 Å². The third kappa shape index (κ3) is 1.46. The zero-order valence-electron chi connectivity index (χ0n) is 8.38. The molecule has 3 rings (SSSR count). The summed E-state index contributed by atoms with van der Waals surface area (Å²) in [6.45, 7) is 0. The van der Waals surface area contributed by atoms with Crippen molar-refractivity contribution in [2.24, 2.45) is 0 Å². The van der Waals surface area contributed by atoms with Gasteiger partial charge in [-0.15, -0.1) is 11.3 Å². The van der Waals surface area contributed by atoms with Gasteiger partial charge in [0.25, 0.3) is 0 Å². The van der Waals surface area contributed by atoms with Crippen LogP contribution >= 0.6 is 23.1 Å². The average Bonchev–Trinajstić information content (AvgIpc) is 2.87. The van der Waals surface area contributed by atoms with Crippen LogP contribution in [-0.2, 0) is 0 Å². The third-order valence-corrected chi connectivity index (χ3v) is 5.09. The maximum Gasteiger partial charge on any atom is 0.114 e. The number of nitrogens with zero attached hydrogens (tertiary/aromatic N) is 1. The predicted molar refractivity (Wildman–Crippen MR) is 67.8 cm³/mol. The molecule has 1 nitrogen and oxygen atoms in total. The lowest BCUT2D eigenvalue weighted by molar-refractivity contribution is 0.931. The zero-order chi connectivity index (χ0) is 10.3. The number of rotatable bonds is 1. The Balaban J connectivity index is 2.00. The molecule has 2 heterocycles. The van der Waals surface area contributed by atoms with Crippen molar-refractivity contribution in [3.05, 3.63) is 46.7 Å². The molecular weight excluding hydrogens is 222 g/mol. The number of anilines is 1. The summed E-state index contributed by atoms with van der Waals surface area (Å²) in [6, 6.07) is 12.9. The summed E-state index contributed by atoms with van der Waals surface area (Å²) in [5.74, 6) is 0. The molecule has 3 heteroatoms. The van der Waals surface area contributed by atoms with Gasteiger partial charge in [-0.2, -0.15) is 0 Å². The Labute approximate surface area is 97.7 Å². The van der Waals surface area contributed by atoms with Gasteiger partial charge in [-0.1, -0.05) is 30.0 Å². The third-order valence-electron chi connectivity index (χ3n) is 2.62. The summed E-state index contributed by atoms with van der Waals surface area (Å²) in [6.07, 6.45) is 0. The van der Waals surface area contributed by atoms with Gasteiger partial charge in [-0.25, -0.2) is 0 Å². The molecule has 76 valence electrons. The molecule has 0 radical (unpaired) electrons. The molecule has 1 atom stereocenters. The van der Waals surface area contributed by atoms with Crippen molar-refractivity contribution < 1.29 is 0 Å². The Morgan fingerprint density at radius 2 is 2.00 bits per heavy atom. The SMILES string of the molecule is CN1c2ccccc2SC1c1cccs1. The van der Waals surface area contributed by atoms with Crippen LogP contribution in [0.3, 0.4) is 0 Å². The first-order valence-electron chi connectivity index (χ1n) is 4.88. The van der Waals surface area contributed by atoms with Gasteiger partial charge in [-0.3, -0.25) is 0 Å². The fourth-order valence-electron chi connectivity index (χ4n) is 1.85. The first-order chi connectivity index (χ1) is 7.36. The van der Waals surface area contributed by atoms with Gasteiger partial charge in [0, 0.05) is 16.8 Å². The van der Waals surface area contributed by atoms with E-state index in [2.05, 4.69) is 53.7 Å². The second-order valence-corrected chi connectivity index (χ2v) is 5.67. The minimum atomic E-state index is 0.461. The highest BCUT2D eigenvalue weighted by Crippen LogP contribution is 2.50. The molecule has 0 bridgehead atoms. The molecule has 1 unspecified atom stereocenters. The van der Waals surface area contributed by atoms with Gasteiger partial charge in [0.2, 0.25) is 0 Å². The lowest BCUT2D eigenvalue weighted by Gasteiger charge is -2.19. The number of hydrogen-bond acceptors (Lipinski definition) is 3. The van der Waals surface area contributed by atoms with Gasteiger partial charge in [0.15, 0.2) is 0 Å². The van der Waals surface area contributed by atoms with Crippen molar-refractivity contribution in [1.29, 1.82) is 0 Å². The van der Waals surface area contributed by atoms with E-state index in [1.165, 1.54) is 15.5 Å². The van der Waals surface area contributed by atoms with Crippen LogP contribution in [0.15, 0.2) is 46.7 Å². The van der Waals surface area contributed by atoms with E-state index in [9.17, 15) is 0 Å². The first-order valence-corrected chi connectivity index (χ1v) is 6.64. The zero-order valence-corrected chi connectivity index (χ0v) is 10.0. The average molecular weight is 233 g/mol. The van der Waals surface area contributed by atoms with Crippen LogP contribution in [-0.4, -0.2) is 7.05 Å². The molecule has 1 aromatic carbocycles. The molecule has 15 heavy (non-hydrogen) atoms. The van der Waals surface area contributed by atoms with Crippen LogP contribution in [0.25, 0.3) is 0 Å². The Morgan fingerprint density at radius 1 is 1.13 bits per heavy atom.